The third-order valence-electron chi connectivity index (χ3n) is 2.16. The normalized spacial score (nSPS) is 12.9. The summed E-state index contributed by atoms with van der Waals surface area (Å²) >= 11 is 0. The summed E-state index contributed by atoms with van der Waals surface area (Å²) in [7, 11) is 0. The van der Waals surface area contributed by atoms with E-state index in [2.05, 4.69) is 0 Å². The molecule has 5 heteroatoms. The first-order chi connectivity index (χ1) is 7.49. The number of benzene rings is 1. The van der Waals surface area contributed by atoms with E-state index in [1.54, 1.807) is 0 Å². The molecule has 1 rings (SSSR count). The predicted octanol–water partition coefficient (Wildman–Crippen LogP) is 3.06. The van der Waals surface area contributed by atoms with Crippen LogP contribution in [-0.4, -0.2) is 6.54 Å². The van der Waals surface area contributed by atoms with Gasteiger partial charge in [-0.2, -0.15) is 13.2 Å². The quantitative estimate of drug-likeness (QED) is 0.798. The third kappa shape index (κ3) is 3.06. The summed E-state index contributed by atoms with van der Waals surface area (Å²) in [4.78, 5) is 0. The molecule has 0 bridgehead atoms. The van der Waals surface area contributed by atoms with E-state index in [9.17, 15) is 17.6 Å². The molecule has 88 valence electrons. The Labute approximate surface area is 90.6 Å². The van der Waals surface area contributed by atoms with Crippen LogP contribution in [0, 0.1) is 0 Å². The Hall–Kier alpha value is -1.36. The number of hydrogen-bond donors (Lipinski definition) is 1. The zero-order chi connectivity index (χ0) is 12.2. The molecule has 0 amide bonds. The van der Waals surface area contributed by atoms with Crippen molar-refractivity contribution >= 4 is 0 Å². The molecular formula is C11H11F4N. The Balaban J connectivity index is 3.05. The van der Waals surface area contributed by atoms with Crippen molar-refractivity contribution in [2.24, 2.45) is 5.73 Å². The van der Waals surface area contributed by atoms with E-state index in [0.29, 0.717) is 0 Å². The molecule has 0 heterocycles. The van der Waals surface area contributed by atoms with Gasteiger partial charge in [0, 0.05) is 6.54 Å². The molecule has 16 heavy (non-hydrogen) atoms. The van der Waals surface area contributed by atoms with Crippen LogP contribution in [-0.2, 0) is 12.6 Å². The largest absolute Gasteiger partial charge is 0.416 e. The lowest BCUT2D eigenvalue weighted by Crippen LogP contribution is -2.12. The molecule has 0 saturated heterocycles. The molecule has 1 nitrogen and oxygen atoms in total. The van der Waals surface area contributed by atoms with Crippen LogP contribution >= 0.6 is 0 Å². The van der Waals surface area contributed by atoms with Crippen molar-refractivity contribution in [2.45, 2.75) is 12.6 Å². The molecule has 1 aromatic carbocycles. The van der Waals surface area contributed by atoms with Gasteiger partial charge in [-0.05, 0) is 23.6 Å². The van der Waals surface area contributed by atoms with Crippen LogP contribution in [0.1, 0.15) is 11.1 Å². The Morgan fingerprint density at radius 2 is 1.88 bits per heavy atom. The molecule has 0 aliphatic rings. The molecule has 0 aliphatic heterocycles. The van der Waals surface area contributed by atoms with E-state index in [1.807, 2.05) is 0 Å². The smallest absolute Gasteiger partial charge is 0.327 e. The Morgan fingerprint density at radius 1 is 1.25 bits per heavy atom. The fourth-order valence-electron chi connectivity index (χ4n) is 1.35. The summed E-state index contributed by atoms with van der Waals surface area (Å²) in [5.74, 6) is 0. The minimum atomic E-state index is -4.42. The van der Waals surface area contributed by atoms with E-state index in [0.717, 1.165) is 6.07 Å². The van der Waals surface area contributed by atoms with Crippen molar-refractivity contribution in [1.82, 2.24) is 0 Å². The number of hydrogen-bond acceptors (Lipinski definition) is 1. The monoisotopic (exact) mass is 233 g/mol. The average molecular weight is 233 g/mol. The van der Waals surface area contributed by atoms with Gasteiger partial charge in [0.1, 0.15) is 0 Å². The number of nitrogens with two attached hydrogens (primary N) is 1. The molecule has 0 radical (unpaired) electrons. The SMILES string of the molecule is NCC(=CF)Cc1ccccc1C(F)(F)F. The van der Waals surface area contributed by atoms with Crippen molar-refractivity contribution in [2.75, 3.05) is 6.54 Å². The van der Waals surface area contributed by atoms with Gasteiger partial charge in [-0.3, -0.25) is 0 Å². The highest BCUT2D eigenvalue weighted by Crippen LogP contribution is 2.32. The van der Waals surface area contributed by atoms with Gasteiger partial charge in [0.25, 0.3) is 0 Å². The van der Waals surface area contributed by atoms with Crippen molar-refractivity contribution in [3.05, 3.63) is 47.3 Å². The highest BCUT2D eigenvalue weighted by atomic mass is 19.4. The molecule has 0 spiro atoms. The second-order valence-corrected chi connectivity index (χ2v) is 3.30. The molecular weight excluding hydrogens is 222 g/mol. The molecule has 0 atom stereocenters. The highest BCUT2D eigenvalue weighted by molar-refractivity contribution is 5.33. The maximum Gasteiger partial charge on any atom is 0.416 e. The van der Waals surface area contributed by atoms with Crippen LogP contribution in [0.5, 0.6) is 0 Å². The third-order valence-corrected chi connectivity index (χ3v) is 2.16. The molecule has 1 aromatic rings. The fraction of sp³-hybridized carbons (Fsp3) is 0.273. The van der Waals surface area contributed by atoms with Crippen LogP contribution < -0.4 is 5.73 Å². The molecule has 0 saturated carbocycles. The summed E-state index contributed by atoms with van der Waals surface area (Å²) in [5.41, 5.74) is 4.62. The molecule has 0 aliphatic carbocycles. The zero-order valence-corrected chi connectivity index (χ0v) is 8.39. The molecule has 0 aromatic heterocycles. The van der Waals surface area contributed by atoms with E-state index < -0.39 is 11.7 Å². The number of rotatable bonds is 3. The highest BCUT2D eigenvalue weighted by Gasteiger charge is 2.32. The average Bonchev–Trinajstić information content (AvgIpc) is 2.25. The van der Waals surface area contributed by atoms with Crippen LogP contribution in [0.3, 0.4) is 0 Å². The summed E-state index contributed by atoms with van der Waals surface area (Å²) in [6, 6.07) is 5.08. The summed E-state index contributed by atoms with van der Waals surface area (Å²) in [5, 5.41) is 0. The zero-order valence-electron chi connectivity index (χ0n) is 8.39. The van der Waals surface area contributed by atoms with Crippen LogP contribution in [0.4, 0.5) is 17.6 Å². The van der Waals surface area contributed by atoms with Gasteiger partial charge >= 0.3 is 6.18 Å². The van der Waals surface area contributed by atoms with E-state index in [4.69, 9.17) is 5.73 Å². The first kappa shape index (κ1) is 12.7. The topological polar surface area (TPSA) is 26.0 Å². The first-order valence-electron chi connectivity index (χ1n) is 4.62. The molecule has 2 N–H and O–H groups in total. The van der Waals surface area contributed by atoms with E-state index in [1.165, 1.54) is 18.2 Å². The van der Waals surface area contributed by atoms with Crippen molar-refractivity contribution < 1.29 is 17.6 Å². The lowest BCUT2D eigenvalue weighted by atomic mass is 10.0. The van der Waals surface area contributed by atoms with Crippen LogP contribution in [0.25, 0.3) is 0 Å². The number of alkyl halides is 3. The van der Waals surface area contributed by atoms with Gasteiger partial charge in [-0.25, -0.2) is 4.39 Å². The summed E-state index contributed by atoms with van der Waals surface area (Å²) in [6.45, 7) is -0.0946. The maximum atomic E-state index is 12.6. The van der Waals surface area contributed by atoms with Crippen molar-refractivity contribution in [3.63, 3.8) is 0 Å². The molecule has 0 unspecified atom stereocenters. The summed E-state index contributed by atoms with van der Waals surface area (Å²) < 4.78 is 49.9. The van der Waals surface area contributed by atoms with Crippen molar-refractivity contribution in [3.8, 4) is 0 Å². The van der Waals surface area contributed by atoms with Gasteiger partial charge in [0.2, 0.25) is 0 Å². The standard InChI is InChI=1S/C11H11F4N/c12-6-8(7-16)5-9-3-1-2-4-10(9)11(13,14)15/h1-4,6H,5,7,16H2. The predicted molar refractivity (Wildman–Crippen MR) is 53.4 cm³/mol. The first-order valence-corrected chi connectivity index (χ1v) is 4.62. The van der Waals surface area contributed by atoms with Gasteiger partial charge in [-0.1, -0.05) is 18.2 Å². The molecule has 0 fully saturated rings. The maximum absolute atomic E-state index is 12.6. The van der Waals surface area contributed by atoms with E-state index >= 15 is 0 Å². The summed E-state index contributed by atoms with van der Waals surface area (Å²) in [6.07, 6.45) is -4.29. The van der Waals surface area contributed by atoms with Gasteiger partial charge in [0.15, 0.2) is 0 Å². The minimum Gasteiger partial charge on any atom is -0.327 e. The van der Waals surface area contributed by atoms with Gasteiger partial charge in [0.05, 0.1) is 11.9 Å². The second kappa shape index (κ2) is 5.12. The number of halogens is 4. The second-order valence-electron chi connectivity index (χ2n) is 3.30. The Kier molecular flexibility index (Phi) is 4.06. The Morgan fingerprint density at radius 3 is 2.38 bits per heavy atom. The van der Waals surface area contributed by atoms with Gasteiger partial charge in [-0.15, -0.1) is 0 Å². The Bertz CT molecular complexity index is 382. The lowest BCUT2D eigenvalue weighted by molar-refractivity contribution is -0.138. The van der Waals surface area contributed by atoms with Crippen LogP contribution in [0.2, 0.25) is 0 Å². The van der Waals surface area contributed by atoms with Gasteiger partial charge < -0.3 is 5.73 Å². The lowest BCUT2D eigenvalue weighted by Gasteiger charge is -2.12. The van der Waals surface area contributed by atoms with Crippen molar-refractivity contribution in [1.29, 1.82) is 0 Å². The van der Waals surface area contributed by atoms with E-state index in [-0.39, 0.29) is 30.4 Å². The van der Waals surface area contributed by atoms with Crippen LogP contribution in [0.15, 0.2) is 36.2 Å². The fourth-order valence-corrected chi connectivity index (χ4v) is 1.35. The minimum absolute atomic E-state index is 0.0318.